The average molecular weight is 322 g/mol. The molecule has 0 atom stereocenters. The first-order valence-corrected chi connectivity index (χ1v) is 7.16. The van der Waals surface area contributed by atoms with Crippen molar-refractivity contribution in [3.63, 3.8) is 0 Å². The van der Waals surface area contributed by atoms with Crippen LogP contribution in [0.3, 0.4) is 0 Å². The Morgan fingerprint density at radius 3 is 1.96 bits per heavy atom. The van der Waals surface area contributed by atoms with Gasteiger partial charge in [0.15, 0.2) is 23.0 Å². The Kier molecular flexibility index (Phi) is 3.98. The minimum atomic E-state index is -3.50. The van der Waals surface area contributed by atoms with E-state index in [2.05, 4.69) is 9.47 Å². The number of fused-ring (bicyclic) bond motifs is 2. The Hall–Kier alpha value is -2.50. The highest BCUT2D eigenvalue weighted by Crippen LogP contribution is 2.40. The van der Waals surface area contributed by atoms with E-state index >= 15 is 0 Å². The van der Waals surface area contributed by atoms with Crippen molar-refractivity contribution in [1.82, 2.24) is 0 Å². The number of hydrogen-bond acceptors (Lipinski definition) is 4. The van der Waals surface area contributed by atoms with Crippen molar-refractivity contribution >= 4 is 0 Å². The summed E-state index contributed by atoms with van der Waals surface area (Å²) in [5, 5.41) is 0. The molecule has 0 saturated heterocycles. The number of benzene rings is 2. The van der Waals surface area contributed by atoms with Crippen molar-refractivity contribution in [2.75, 3.05) is 13.2 Å². The fraction of sp³-hybridized carbons (Fsp3) is 0.294. The van der Waals surface area contributed by atoms with Crippen molar-refractivity contribution in [2.45, 2.75) is 20.1 Å². The lowest BCUT2D eigenvalue weighted by Gasteiger charge is -2.18. The minimum Gasteiger partial charge on any atom is -0.486 e. The van der Waals surface area contributed by atoms with Crippen molar-refractivity contribution in [3.8, 4) is 23.0 Å². The van der Waals surface area contributed by atoms with Gasteiger partial charge in [0.1, 0.15) is 13.2 Å². The van der Waals surface area contributed by atoms with Crippen LogP contribution >= 0.6 is 0 Å². The van der Waals surface area contributed by atoms with Crippen LogP contribution in [0.2, 0.25) is 0 Å². The van der Waals surface area contributed by atoms with Gasteiger partial charge in [-0.3, -0.25) is 0 Å². The molecule has 4 rings (SSSR count). The van der Waals surface area contributed by atoms with Crippen molar-refractivity contribution in [1.29, 1.82) is 0 Å². The molecule has 2 aromatic carbocycles. The van der Waals surface area contributed by atoms with Crippen LogP contribution in [0.25, 0.3) is 0 Å². The van der Waals surface area contributed by atoms with Crippen molar-refractivity contribution < 1.29 is 27.7 Å². The fourth-order valence-electron chi connectivity index (χ4n) is 2.21. The highest BCUT2D eigenvalue weighted by molar-refractivity contribution is 5.45. The summed E-state index contributed by atoms with van der Waals surface area (Å²) < 4.78 is 44.0. The van der Waals surface area contributed by atoms with Gasteiger partial charge in [-0.25, -0.2) is 0 Å². The molecule has 0 radical (unpaired) electrons. The summed E-state index contributed by atoms with van der Waals surface area (Å²) in [7, 11) is 0. The second-order valence-electron chi connectivity index (χ2n) is 5.26. The van der Waals surface area contributed by atoms with Crippen LogP contribution in [0.15, 0.2) is 36.4 Å². The predicted molar refractivity (Wildman–Crippen MR) is 79.6 cm³/mol. The molecule has 2 aliphatic heterocycles. The molecule has 0 fully saturated rings. The molecule has 2 aliphatic rings. The van der Waals surface area contributed by atoms with Gasteiger partial charge in [-0.1, -0.05) is 12.1 Å². The van der Waals surface area contributed by atoms with E-state index in [9.17, 15) is 8.78 Å². The van der Waals surface area contributed by atoms with E-state index in [-0.39, 0.29) is 11.5 Å². The van der Waals surface area contributed by atoms with E-state index in [0.717, 1.165) is 17.1 Å². The smallest absolute Gasteiger partial charge is 0.486 e. The maximum Gasteiger partial charge on any atom is 0.586 e. The van der Waals surface area contributed by atoms with Gasteiger partial charge < -0.3 is 18.9 Å². The highest BCUT2D eigenvalue weighted by atomic mass is 19.3. The second-order valence-corrected chi connectivity index (χ2v) is 5.26. The number of rotatable bonds is 0. The molecule has 0 amide bonds. The summed E-state index contributed by atoms with van der Waals surface area (Å²) in [6, 6.07) is 10.6. The van der Waals surface area contributed by atoms with Crippen LogP contribution in [-0.4, -0.2) is 19.5 Å². The molecule has 4 nitrogen and oxygen atoms in total. The number of hydrogen-bond donors (Lipinski definition) is 0. The van der Waals surface area contributed by atoms with E-state index in [0.29, 0.717) is 13.2 Å². The molecule has 6 heteroatoms. The van der Waals surface area contributed by atoms with Gasteiger partial charge >= 0.3 is 6.29 Å². The zero-order valence-corrected chi connectivity index (χ0v) is 12.8. The standard InChI is InChI=1S/C9H10O2.C8H6F2O2/c1-7-2-3-8-9(6-7)11-5-4-10-8;1-5-2-3-6-7(4-5)12-8(9,10)11-6/h2-3,6H,4-5H2,1H3;2-4H,1H3. The van der Waals surface area contributed by atoms with Crippen molar-refractivity contribution in [2.24, 2.45) is 0 Å². The first-order valence-electron chi connectivity index (χ1n) is 7.16. The molecule has 0 aromatic heterocycles. The molecule has 0 N–H and O–H groups in total. The third-order valence-electron chi connectivity index (χ3n) is 3.25. The largest absolute Gasteiger partial charge is 0.586 e. The Bertz CT molecular complexity index is 716. The maximum atomic E-state index is 12.4. The second kappa shape index (κ2) is 5.95. The third kappa shape index (κ3) is 3.64. The summed E-state index contributed by atoms with van der Waals surface area (Å²) in [5.41, 5.74) is 2.06. The molecule has 2 aromatic rings. The van der Waals surface area contributed by atoms with Gasteiger partial charge in [0.25, 0.3) is 0 Å². The van der Waals surface area contributed by atoms with Crippen LogP contribution in [0.1, 0.15) is 11.1 Å². The zero-order chi connectivity index (χ0) is 16.4. The highest BCUT2D eigenvalue weighted by Gasteiger charge is 2.43. The summed E-state index contributed by atoms with van der Waals surface area (Å²) in [5.74, 6) is 1.92. The van der Waals surface area contributed by atoms with Gasteiger partial charge in [0.05, 0.1) is 0 Å². The lowest BCUT2D eigenvalue weighted by Crippen LogP contribution is -2.25. The zero-order valence-electron chi connectivity index (χ0n) is 12.8. The number of halogens is 2. The van der Waals surface area contributed by atoms with Crippen LogP contribution in [0.5, 0.6) is 23.0 Å². The Labute approximate surface area is 132 Å². The molecule has 23 heavy (non-hydrogen) atoms. The van der Waals surface area contributed by atoms with Crippen LogP contribution in [0, 0.1) is 13.8 Å². The van der Waals surface area contributed by atoms with Crippen LogP contribution in [-0.2, 0) is 0 Å². The molecule has 122 valence electrons. The van der Waals surface area contributed by atoms with Gasteiger partial charge in [0, 0.05) is 0 Å². The normalized spacial score (nSPS) is 16.3. The maximum absolute atomic E-state index is 12.4. The summed E-state index contributed by atoms with van der Waals surface area (Å²) >= 11 is 0. The van der Waals surface area contributed by atoms with Crippen LogP contribution < -0.4 is 18.9 Å². The summed E-state index contributed by atoms with van der Waals surface area (Å²) in [6.45, 7) is 5.16. The number of ether oxygens (including phenoxy) is 4. The Morgan fingerprint density at radius 2 is 1.26 bits per heavy atom. The van der Waals surface area contributed by atoms with E-state index < -0.39 is 6.29 Å². The molecular formula is C17H16F2O4. The topological polar surface area (TPSA) is 36.9 Å². The van der Waals surface area contributed by atoms with E-state index in [1.807, 2.05) is 25.1 Å². The van der Waals surface area contributed by atoms with E-state index in [1.165, 1.54) is 17.7 Å². The summed E-state index contributed by atoms with van der Waals surface area (Å²) in [4.78, 5) is 0. The van der Waals surface area contributed by atoms with Gasteiger partial charge in [-0.05, 0) is 49.2 Å². The Balaban J connectivity index is 0.000000136. The first-order chi connectivity index (χ1) is 10.9. The monoisotopic (exact) mass is 322 g/mol. The van der Waals surface area contributed by atoms with E-state index in [1.54, 1.807) is 13.0 Å². The molecule has 0 saturated carbocycles. The lowest BCUT2D eigenvalue weighted by molar-refractivity contribution is -0.286. The molecule has 0 bridgehead atoms. The first kappa shape index (κ1) is 15.4. The lowest BCUT2D eigenvalue weighted by atomic mass is 10.2. The van der Waals surface area contributed by atoms with Gasteiger partial charge in [-0.15, -0.1) is 8.78 Å². The SMILES string of the molecule is Cc1ccc2c(c1)OC(F)(F)O2.Cc1ccc2c(c1)OCCO2. The molecular weight excluding hydrogens is 306 g/mol. The predicted octanol–water partition coefficient (Wildman–Crippen LogP) is 4.08. The van der Waals surface area contributed by atoms with Gasteiger partial charge in [-0.2, -0.15) is 0 Å². The Morgan fingerprint density at radius 1 is 0.739 bits per heavy atom. The van der Waals surface area contributed by atoms with Crippen LogP contribution in [0.4, 0.5) is 8.78 Å². The quantitative estimate of drug-likeness (QED) is 0.732. The molecule has 0 unspecified atom stereocenters. The number of aryl methyl sites for hydroxylation is 2. The minimum absolute atomic E-state index is 0.0885. The van der Waals surface area contributed by atoms with Gasteiger partial charge in [0.2, 0.25) is 0 Å². The van der Waals surface area contributed by atoms with Crippen molar-refractivity contribution in [3.05, 3.63) is 47.5 Å². The molecule has 0 aliphatic carbocycles. The molecule has 2 heterocycles. The molecule has 0 spiro atoms. The fourth-order valence-corrected chi connectivity index (χ4v) is 2.21. The van der Waals surface area contributed by atoms with E-state index in [4.69, 9.17) is 9.47 Å². The third-order valence-corrected chi connectivity index (χ3v) is 3.25. The number of alkyl halides is 2. The summed E-state index contributed by atoms with van der Waals surface area (Å²) in [6.07, 6.45) is -3.50. The average Bonchev–Trinajstić information content (AvgIpc) is 2.81.